The molecule has 3 aromatic heterocycles. The first-order valence-electron chi connectivity index (χ1n) is 27.1. The molecule has 0 atom stereocenters. The number of fused-ring (bicyclic) bond motifs is 10. The summed E-state index contributed by atoms with van der Waals surface area (Å²) in [5, 5.41) is 11.5. The molecule has 0 spiro atoms. The van der Waals surface area contributed by atoms with Crippen LogP contribution in [0.3, 0.4) is 0 Å². The minimum absolute atomic E-state index is 0.564. The number of furan rings is 1. The highest BCUT2D eigenvalue weighted by Gasteiger charge is 2.24. The Morgan fingerprint density at radius 1 is 0.250 bits per heavy atom. The van der Waals surface area contributed by atoms with E-state index in [9.17, 15) is 0 Å². The average Bonchev–Trinajstić information content (AvgIpc) is 4.29. The van der Waals surface area contributed by atoms with Gasteiger partial charge in [-0.05, 0) is 108 Å². The molecule has 0 amide bonds. The van der Waals surface area contributed by atoms with Gasteiger partial charge in [-0.25, -0.2) is 15.0 Å². The molecule has 0 saturated heterocycles. The second-order valence-electron chi connectivity index (χ2n) is 20.7. The Morgan fingerprint density at radius 3 is 1.49 bits per heavy atom. The highest BCUT2D eigenvalue weighted by Crippen LogP contribution is 2.46. The van der Waals surface area contributed by atoms with Crippen LogP contribution in [0.2, 0.25) is 0 Å². The average molecular weight is 1020 g/mol. The number of hydrogen-bond donors (Lipinski definition) is 0. The molecule has 16 rings (SSSR count). The molecule has 0 bridgehead atoms. The molecule has 0 N–H and O–H groups in total. The third-order valence-electron chi connectivity index (χ3n) is 16.0. The van der Waals surface area contributed by atoms with Crippen molar-refractivity contribution in [1.82, 2.24) is 19.5 Å². The Hall–Kier alpha value is -10.8. The van der Waals surface area contributed by atoms with Crippen LogP contribution in [0.25, 0.3) is 160 Å². The van der Waals surface area contributed by atoms with Gasteiger partial charge in [-0.1, -0.05) is 237 Å². The largest absolute Gasteiger partial charge is 0.456 e. The Balaban J connectivity index is 0.918. The maximum Gasteiger partial charge on any atom is 0.164 e. The van der Waals surface area contributed by atoms with E-state index in [-0.39, 0.29) is 0 Å². The molecule has 13 aromatic carbocycles. The van der Waals surface area contributed by atoms with Crippen LogP contribution in [0, 0.1) is 0 Å². The van der Waals surface area contributed by atoms with Gasteiger partial charge in [0.2, 0.25) is 0 Å². The molecule has 0 aliphatic rings. The van der Waals surface area contributed by atoms with Crippen LogP contribution in [0.4, 0.5) is 0 Å². The minimum Gasteiger partial charge on any atom is -0.456 e. The molecule has 5 nitrogen and oxygen atoms in total. The summed E-state index contributed by atoms with van der Waals surface area (Å²) < 4.78 is 9.53. The van der Waals surface area contributed by atoms with Gasteiger partial charge in [-0.15, -0.1) is 0 Å². The van der Waals surface area contributed by atoms with Crippen molar-refractivity contribution in [3.63, 3.8) is 0 Å². The lowest BCUT2D eigenvalue weighted by Gasteiger charge is -2.16. The van der Waals surface area contributed by atoms with E-state index >= 15 is 0 Å². The molecule has 16 aromatic rings. The summed E-state index contributed by atoms with van der Waals surface area (Å²) in [6.45, 7) is 0. The van der Waals surface area contributed by atoms with Crippen molar-refractivity contribution >= 4 is 76.1 Å². The third-order valence-corrected chi connectivity index (χ3v) is 16.0. The zero-order valence-electron chi connectivity index (χ0n) is 43.3. The van der Waals surface area contributed by atoms with E-state index in [1.165, 1.54) is 59.8 Å². The van der Waals surface area contributed by atoms with E-state index in [1.807, 2.05) is 24.3 Å². The number of hydrogen-bond acceptors (Lipinski definition) is 4. The maximum absolute atomic E-state index is 7.07. The van der Waals surface area contributed by atoms with Crippen LogP contribution in [-0.4, -0.2) is 19.5 Å². The fraction of sp³-hybridized carbons (Fsp3) is 0. The van der Waals surface area contributed by atoms with Crippen LogP contribution in [0.1, 0.15) is 0 Å². The van der Waals surface area contributed by atoms with Crippen LogP contribution in [-0.2, 0) is 0 Å². The third kappa shape index (κ3) is 7.59. The van der Waals surface area contributed by atoms with Gasteiger partial charge in [-0.2, -0.15) is 0 Å². The summed E-state index contributed by atoms with van der Waals surface area (Å²) in [5.41, 5.74) is 16.5. The quantitative estimate of drug-likeness (QED) is 0.152. The van der Waals surface area contributed by atoms with Gasteiger partial charge in [0.05, 0.1) is 16.7 Å². The van der Waals surface area contributed by atoms with E-state index in [1.54, 1.807) is 0 Å². The lowest BCUT2D eigenvalue weighted by molar-refractivity contribution is 0.668. The second kappa shape index (κ2) is 18.5. The summed E-state index contributed by atoms with van der Waals surface area (Å²) in [4.78, 5) is 15.8. The fourth-order valence-electron chi connectivity index (χ4n) is 12.2. The van der Waals surface area contributed by atoms with Crippen LogP contribution >= 0.6 is 0 Å². The van der Waals surface area contributed by atoms with E-state index in [2.05, 4.69) is 259 Å². The van der Waals surface area contributed by atoms with Crippen molar-refractivity contribution in [2.75, 3.05) is 0 Å². The lowest BCUT2D eigenvalue weighted by atomic mass is 9.92. The Bertz CT molecular complexity index is 5100. The normalized spacial score (nSPS) is 11.8. The van der Waals surface area contributed by atoms with Crippen LogP contribution < -0.4 is 0 Å². The predicted molar refractivity (Wildman–Crippen MR) is 332 cm³/mol. The highest BCUT2D eigenvalue weighted by atomic mass is 16.3. The van der Waals surface area contributed by atoms with E-state index in [0.29, 0.717) is 17.5 Å². The zero-order chi connectivity index (χ0) is 52.7. The maximum atomic E-state index is 7.07. The van der Waals surface area contributed by atoms with E-state index in [4.69, 9.17) is 19.4 Å². The molecule has 0 aliphatic heterocycles. The second-order valence-corrected chi connectivity index (χ2v) is 20.7. The molecule has 5 heteroatoms. The Morgan fingerprint density at radius 2 is 0.762 bits per heavy atom. The molecular weight excluding hydrogens is 973 g/mol. The van der Waals surface area contributed by atoms with Gasteiger partial charge in [0.15, 0.2) is 17.5 Å². The van der Waals surface area contributed by atoms with Crippen molar-refractivity contribution in [2.24, 2.45) is 0 Å². The van der Waals surface area contributed by atoms with E-state index < -0.39 is 0 Å². The number of rotatable bonds is 8. The van der Waals surface area contributed by atoms with Gasteiger partial charge in [0.1, 0.15) is 11.2 Å². The summed E-state index contributed by atoms with van der Waals surface area (Å²) >= 11 is 0. The zero-order valence-corrected chi connectivity index (χ0v) is 43.3. The molecule has 0 unspecified atom stereocenters. The van der Waals surface area contributed by atoms with Gasteiger partial charge in [-0.3, -0.25) is 0 Å². The molecule has 372 valence electrons. The monoisotopic (exact) mass is 1020 g/mol. The molecule has 0 fully saturated rings. The highest BCUT2D eigenvalue weighted by molar-refractivity contribution is 6.24. The molecule has 80 heavy (non-hydrogen) atoms. The smallest absolute Gasteiger partial charge is 0.164 e. The van der Waals surface area contributed by atoms with Gasteiger partial charge in [0, 0.05) is 49.9 Å². The van der Waals surface area contributed by atoms with E-state index in [0.717, 1.165) is 83.2 Å². The molecule has 0 aliphatic carbocycles. The van der Waals surface area contributed by atoms with Gasteiger partial charge < -0.3 is 8.98 Å². The number of benzene rings is 13. The van der Waals surface area contributed by atoms with Crippen LogP contribution in [0.5, 0.6) is 0 Å². The summed E-state index contributed by atoms with van der Waals surface area (Å²) in [6, 6.07) is 99.7. The van der Waals surface area contributed by atoms with Crippen molar-refractivity contribution < 1.29 is 4.42 Å². The minimum atomic E-state index is 0.564. The van der Waals surface area contributed by atoms with Crippen molar-refractivity contribution in [3.05, 3.63) is 279 Å². The van der Waals surface area contributed by atoms with Crippen molar-refractivity contribution in [3.8, 4) is 84.4 Å². The first-order chi connectivity index (χ1) is 39.6. The molecular formula is C75H46N4O. The Kier molecular flexibility index (Phi) is 10.5. The number of aromatic nitrogens is 4. The first-order valence-corrected chi connectivity index (χ1v) is 27.1. The summed E-state index contributed by atoms with van der Waals surface area (Å²) in [5.74, 6) is 1.75. The summed E-state index contributed by atoms with van der Waals surface area (Å²) in [7, 11) is 0. The Labute approximate surface area is 461 Å². The van der Waals surface area contributed by atoms with Gasteiger partial charge >= 0.3 is 0 Å². The van der Waals surface area contributed by atoms with Crippen LogP contribution in [0.15, 0.2) is 283 Å². The fourth-order valence-corrected chi connectivity index (χ4v) is 12.2. The van der Waals surface area contributed by atoms with Crippen molar-refractivity contribution in [2.45, 2.75) is 0 Å². The standard InChI is InChI=1S/C75H46N4O/c1-3-17-49(18-4-1)59-25-13-14-26-60(59)51-33-35-52(36-34-51)63-45-65-70(46-68(63)79-66-41-40-50-19-11-12-27-61(50)71(66)64-43-56-23-9-10-24-57(56)44-67(64)79)80-69-29-15-28-62(72(65)69)75-77-73(53-20-5-2-6-21-53)76-74(78-75)54-37-30-48(31-38-54)58-39-32-47-16-7-8-22-55(47)42-58/h1-46H. The van der Waals surface area contributed by atoms with Crippen molar-refractivity contribution in [1.29, 1.82) is 0 Å². The lowest BCUT2D eigenvalue weighted by Crippen LogP contribution is -2.00. The molecule has 3 heterocycles. The summed E-state index contributed by atoms with van der Waals surface area (Å²) in [6.07, 6.45) is 0. The number of nitrogens with zero attached hydrogens (tertiary/aromatic N) is 4. The van der Waals surface area contributed by atoms with Gasteiger partial charge in [0.25, 0.3) is 0 Å². The topological polar surface area (TPSA) is 56.7 Å². The predicted octanol–water partition coefficient (Wildman–Crippen LogP) is 20.0. The molecule has 0 saturated carbocycles. The SMILES string of the molecule is c1ccc(-c2nc(-c3ccc(-c4ccc5ccccc5c4)cc3)nc(-c3cccc4oc5cc(-n6c7cc8ccccc8cc7c7c8ccccc8ccc76)c(-c6ccc(-c7ccccc7-c7ccccc7)cc6)cc5c34)n2)cc1. The first kappa shape index (κ1) is 45.4. The molecule has 0 radical (unpaired) electrons.